The molecule has 0 bridgehead atoms. The van der Waals surface area contributed by atoms with E-state index in [1.165, 1.54) is 7.05 Å². The van der Waals surface area contributed by atoms with Crippen molar-refractivity contribution in [3.05, 3.63) is 0 Å². The van der Waals surface area contributed by atoms with Gasteiger partial charge in [-0.25, -0.2) is 13.6 Å². The summed E-state index contributed by atoms with van der Waals surface area (Å²) < 4.78 is 25.2. The molecule has 0 heterocycles. The summed E-state index contributed by atoms with van der Waals surface area (Å²) in [6.07, 6.45) is -1.60. The molecule has 6 heteroatoms. The number of halogens is 2. The Kier molecular flexibility index (Phi) is 2.25. The Morgan fingerprint density at radius 1 is 1.36 bits per heavy atom. The Bertz CT molecular complexity index is 282. The van der Waals surface area contributed by atoms with Gasteiger partial charge in [-0.2, -0.15) is 0 Å². The fourth-order valence-corrected chi connectivity index (χ4v) is 1.64. The minimum atomic E-state index is -2.97. The van der Waals surface area contributed by atoms with Gasteiger partial charge < -0.3 is 10.0 Å². The van der Waals surface area contributed by atoms with E-state index in [4.69, 9.17) is 5.11 Å². The van der Waals surface area contributed by atoms with Crippen molar-refractivity contribution in [3.63, 3.8) is 0 Å². The van der Waals surface area contributed by atoms with Crippen LogP contribution in [0.1, 0.15) is 19.8 Å². The molecule has 0 aliphatic heterocycles. The molecule has 4 nitrogen and oxygen atoms in total. The van der Waals surface area contributed by atoms with E-state index in [9.17, 15) is 18.4 Å². The van der Waals surface area contributed by atoms with Crippen molar-refractivity contribution < 1.29 is 23.5 Å². The van der Waals surface area contributed by atoms with Gasteiger partial charge in [0.2, 0.25) is 5.91 Å². The number of hydrogen-bond acceptors (Lipinski definition) is 2. The monoisotopic (exact) mass is 207 g/mol. The van der Waals surface area contributed by atoms with Crippen LogP contribution in [-0.2, 0) is 9.59 Å². The van der Waals surface area contributed by atoms with Gasteiger partial charge in [0, 0.05) is 26.8 Å². The molecule has 0 radical (unpaired) electrons. The summed E-state index contributed by atoms with van der Waals surface area (Å²) >= 11 is 0. The van der Waals surface area contributed by atoms with Crippen molar-refractivity contribution in [2.24, 2.45) is 0 Å². The highest BCUT2D eigenvalue weighted by Crippen LogP contribution is 2.48. The molecule has 1 saturated carbocycles. The zero-order valence-electron chi connectivity index (χ0n) is 7.88. The van der Waals surface area contributed by atoms with Gasteiger partial charge in [-0.05, 0) is 0 Å². The summed E-state index contributed by atoms with van der Waals surface area (Å²) in [5, 5.41) is 8.81. The predicted molar refractivity (Wildman–Crippen MR) is 43.0 cm³/mol. The fourth-order valence-electron chi connectivity index (χ4n) is 1.64. The number of carboxylic acid groups (broad SMARTS) is 1. The van der Waals surface area contributed by atoms with Crippen molar-refractivity contribution in [3.8, 4) is 0 Å². The van der Waals surface area contributed by atoms with Gasteiger partial charge in [0.1, 0.15) is 0 Å². The third kappa shape index (κ3) is 1.44. The van der Waals surface area contributed by atoms with Crippen molar-refractivity contribution in [2.75, 3.05) is 7.05 Å². The number of carbonyl (C=O) groups is 2. The second-order valence-corrected chi connectivity index (χ2v) is 3.62. The number of aliphatic carboxylic acids is 1. The van der Waals surface area contributed by atoms with Crippen LogP contribution < -0.4 is 0 Å². The minimum absolute atomic E-state index is 0.525. The molecule has 1 N–H and O–H groups in total. The first kappa shape index (κ1) is 10.9. The Balaban J connectivity index is 2.88. The average molecular weight is 207 g/mol. The Labute approximate surface area is 79.5 Å². The smallest absolute Gasteiger partial charge is 0.330 e. The molecule has 0 aromatic carbocycles. The standard InChI is InChI=1S/C8H11F2NO3/c1-5(12)11(2)7(6(13)14)3-8(9,10)4-7/h3-4H2,1-2H3,(H,13,14). The van der Waals surface area contributed by atoms with Gasteiger partial charge in [-0.1, -0.05) is 0 Å². The van der Waals surface area contributed by atoms with Crippen LogP contribution in [-0.4, -0.2) is 40.4 Å². The van der Waals surface area contributed by atoms with Crippen LogP contribution in [0.3, 0.4) is 0 Å². The fraction of sp³-hybridized carbons (Fsp3) is 0.750. The molecule has 0 saturated heterocycles. The Morgan fingerprint density at radius 3 is 2.00 bits per heavy atom. The lowest BCUT2D eigenvalue weighted by molar-refractivity contribution is -0.199. The lowest BCUT2D eigenvalue weighted by Gasteiger charge is -2.48. The first-order chi connectivity index (χ1) is 6.21. The molecular formula is C8H11F2NO3. The molecule has 1 rings (SSSR count). The zero-order valence-corrected chi connectivity index (χ0v) is 7.88. The largest absolute Gasteiger partial charge is 0.479 e. The summed E-state index contributed by atoms with van der Waals surface area (Å²) in [7, 11) is 1.23. The van der Waals surface area contributed by atoms with Gasteiger partial charge in [-0.3, -0.25) is 4.79 Å². The summed E-state index contributed by atoms with van der Waals surface area (Å²) in [5.74, 6) is -4.87. The summed E-state index contributed by atoms with van der Waals surface area (Å²) in [6.45, 7) is 1.15. The summed E-state index contributed by atoms with van der Waals surface area (Å²) in [4.78, 5) is 22.6. The first-order valence-corrected chi connectivity index (χ1v) is 4.07. The summed E-state index contributed by atoms with van der Waals surface area (Å²) in [6, 6.07) is 0. The molecule has 0 spiro atoms. The van der Waals surface area contributed by atoms with Crippen LogP contribution in [0.2, 0.25) is 0 Å². The van der Waals surface area contributed by atoms with Crippen LogP contribution in [0.15, 0.2) is 0 Å². The number of nitrogens with zero attached hydrogens (tertiary/aromatic N) is 1. The number of carboxylic acids is 1. The third-order valence-corrected chi connectivity index (χ3v) is 2.61. The van der Waals surface area contributed by atoms with Crippen LogP contribution in [0.25, 0.3) is 0 Å². The summed E-state index contributed by atoms with van der Waals surface area (Å²) in [5.41, 5.74) is -1.71. The van der Waals surface area contributed by atoms with Crippen molar-refractivity contribution in [1.29, 1.82) is 0 Å². The molecule has 0 aromatic rings. The van der Waals surface area contributed by atoms with Crippen LogP contribution in [0.5, 0.6) is 0 Å². The molecule has 0 atom stereocenters. The molecule has 0 aromatic heterocycles. The van der Waals surface area contributed by atoms with E-state index in [0.29, 0.717) is 0 Å². The zero-order chi connectivity index (χ0) is 11.1. The van der Waals surface area contributed by atoms with E-state index < -0.39 is 36.2 Å². The predicted octanol–water partition coefficient (Wildman–Crippen LogP) is 0.717. The highest BCUT2D eigenvalue weighted by Gasteiger charge is 2.64. The van der Waals surface area contributed by atoms with Gasteiger partial charge in [0.25, 0.3) is 5.92 Å². The molecule has 14 heavy (non-hydrogen) atoms. The topological polar surface area (TPSA) is 57.6 Å². The van der Waals surface area contributed by atoms with Gasteiger partial charge in [-0.15, -0.1) is 0 Å². The van der Waals surface area contributed by atoms with Gasteiger partial charge in [0.15, 0.2) is 5.54 Å². The highest BCUT2D eigenvalue weighted by molar-refractivity contribution is 5.87. The van der Waals surface area contributed by atoms with E-state index in [1.807, 2.05) is 0 Å². The molecule has 0 unspecified atom stereocenters. The number of carbonyl (C=O) groups excluding carboxylic acids is 1. The lowest BCUT2D eigenvalue weighted by Crippen LogP contribution is -2.66. The number of rotatable bonds is 2. The van der Waals surface area contributed by atoms with Crippen LogP contribution >= 0.6 is 0 Å². The maximum Gasteiger partial charge on any atom is 0.330 e. The van der Waals surface area contributed by atoms with E-state index in [1.54, 1.807) is 0 Å². The molecule has 80 valence electrons. The van der Waals surface area contributed by atoms with Crippen LogP contribution in [0.4, 0.5) is 8.78 Å². The van der Waals surface area contributed by atoms with Crippen molar-refractivity contribution in [2.45, 2.75) is 31.2 Å². The quantitative estimate of drug-likeness (QED) is 0.725. The number of likely N-dealkylation sites (N-methyl/N-ethyl adjacent to an activating group) is 1. The van der Waals surface area contributed by atoms with Crippen LogP contribution in [0, 0.1) is 0 Å². The van der Waals surface area contributed by atoms with E-state index in [2.05, 4.69) is 0 Å². The molecule has 1 amide bonds. The number of amides is 1. The third-order valence-electron chi connectivity index (χ3n) is 2.61. The Hall–Kier alpha value is -1.20. The molecule has 1 aliphatic carbocycles. The average Bonchev–Trinajstić information content (AvgIpc) is 1.97. The first-order valence-electron chi connectivity index (χ1n) is 4.07. The lowest BCUT2D eigenvalue weighted by atomic mass is 9.72. The SMILES string of the molecule is CC(=O)N(C)C1(C(=O)O)CC(F)(F)C1. The Morgan fingerprint density at radius 2 is 1.79 bits per heavy atom. The van der Waals surface area contributed by atoms with Crippen molar-refractivity contribution in [1.82, 2.24) is 4.90 Å². The second-order valence-electron chi connectivity index (χ2n) is 3.62. The van der Waals surface area contributed by atoms with Gasteiger partial charge in [0.05, 0.1) is 0 Å². The van der Waals surface area contributed by atoms with Crippen molar-refractivity contribution >= 4 is 11.9 Å². The van der Waals surface area contributed by atoms with E-state index in [-0.39, 0.29) is 0 Å². The molecule has 1 fully saturated rings. The maximum absolute atomic E-state index is 12.6. The van der Waals surface area contributed by atoms with E-state index in [0.717, 1.165) is 11.8 Å². The second kappa shape index (κ2) is 2.90. The molecular weight excluding hydrogens is 196 g/mol. The van der Waals surface area contributed by atoms with Gasteiger partial charge >= 0.3 is 5.97 Å². The molecule has 1 aliphatic rings. The highest BCUT2D eigenvalue weighted by atomic mass is 19.3. The number of hydrogen-bond donors (Lipinski definition) is 1. The van der Waals surface area contributed by atoms with E-state index >= 15 is 0 Å². The minimum Gasteiger partial charge on any atom is -0.479 e. The maximum atomic E-state index is 12.6. The number of alkyl halides is 2. The normalized spacial score (nSPS) is 22.3.